The van der Waals surface area contributed by atoms with E-state index in [-0.39, 0.29) is 29.4 Å². The van der Waals surface area contributed by atoms with E-state index in [9.17, 15) is 18.8 Å². The molecule has 0 aliphatic carbocycles. The van der Waals surface area contributed by atoms with E-state index in [1.165, 1.54) is 41.7 Å². The molecule has 1 N–H and O–H groups in total. The molecule has 0 aliphatic heterocycles. The number of carbonyl (C=O) groups is 1. The molecule has 0 spiro atoms. The highest BCUT2D eigenvalue weighted by Gasteiger charge is 2.15. The molecule has 136 valence electrons. The lowest BCUT2D eigenvalue weighted by Crippen LogP contribution is -2.38. The standard InChI is InChI=1S/C17H18FN5O3/c1-21-15-14(16(25)22(2)17(21)26)23(10-20-15)9-13(24)19-8-7-11-3-5-12(18)6-4-11/h3-6,10H,7-9H2,1-2H3,(H,19,24). The van der Waals surface area contributed by atoms with Gasteiger partial charge in [-0.25, -0.2) is 14.2 Å². The summed E-state index contributed by atoms with van der Waals surface area (Å²) < 4.78 is 16.5. The maximum atomic E-state index is 12.9. The molecule has 0 bridgehead atoms. The summed E-state index contributed by atoms with van der Waals surface area (Å²) in [4.78, 5) is 40.4. The van der Waals surface area contributed by atoms with Gasteiger partial charge in [-0.1, -0.05) is 12.1 Å². The van der Waals surface area contributed by atoms with E-state index in [1.807, 2.05) is 0 Å². The number of fused-ring (bicyclic) bond motifs is 1. The summed E-state index contributed by atoms with van der Waals surface area (Å²) >= 11 is 0. The van der Waals surface area contributed by atoms with Crippen LogP contribution in [-0.2, 0) is 31.9 Å². The van der Waals surface area contributed by atoms with Gasteiger partial charge in [0, 0.05) is 20.6 Å². The Morgan fingerprint density at radius 3 is 2.54 bits per heavy atom. The van der Waals surface area contributed by atoms with Crippen molar-refractivity contribution in [3.63, 3.8) is 0 Å². The fraction of sp³-hybridized carbons (Fsp3) is 0.294. The molecule has 2 heterocycles. The zero-order valence-corrected chi connectivity index (χ0v) is 14.4. The van der Waals surface area contributed by atoms with E-state index in [0.29, 0.717) is 13.0 Å². The first-order valence-electron chi connectivity index (χ1n) is 8.00. The van der Waals surface area contributed by atoms with E-state index in [4.69, 9.17) is 0 Å². The lowest BCUT2D eigenvalue weighted by atomic mass is 10.1. The molecular formula is C17H18FN5O3. The number of hydrogen-bond acceptors (Lipinski definition) is 4. The van der Waals surface area contributed by atoms with Gasteiger partial charge in [-0.2, -0.15) is 0 Å². The van der Waals surface area contributed by atoms with Crippen molar-refractivity contribution >= 4 is 17.1 Å². The highest BCUT2D eigenvalue weighted by atomic mass is 19.1. The van der Waals surface area contributed by atoms with Gasteiger partial charge in [-0.15, -0.1) is 0 Å². The van der Waals surface area contributed by atoms with Crippen molar-refractivity contribution in [2.75, 3.05) is 6.54 Å². The lowest BCUT2D eigenvalue weighted by Gasteiger charge is -2.08. The summed E-state index contributed by atoms with van der Waals surface area (Å²) in [5.74, 6) is -0.594. The van der Waals surface area contributed by atoms with Gasteiger partial charge in [-0.05, 0) is 24.1 Å². The first-order chi connectivity index (χ1) is 12.4. The van der Waals surface area contributed by atoms with Gasteiger partial charge in [0.25, 0.3) is 5.56 Å². The Hall–Kier alpha value is -3.23. The summed E-state index contributed by atoms with van der Waals surface area (Å²) in [6.45, 7) is 0.293. The van der Waals surface area contributed by atoms with Crippen molar-refractivity contribution in [2.24, 2.45) is 14.1 Å². The van der Waals surface area contributed by atoms with Crippen LogP contribution in [0.1, 0.15) is 5.56 Å². The monoisotopic (exact) mass is 359 g/mol. The molecule has 9 heteroatoms. The Balaban J connectivity index is 1.71. The molecule has 0 saturated carbocycles. The van der Waals surface area contributed by atoms with Crippen molar-refractivity contribution in [2.45, 2.75) is 13.0 Å². The predicted octanol–water partition coefficient (Wildman–Crippen LogP) is -0.0683. The molecule has 0 fully saturated rings. The van der Waals surface area contributed by atoms with E-state index < -0.39 is 11.2 Å². The molecule has 1 amide bonds. The average molecular weight is 359 g/mol. The lowest BCUT2D eigenvalue weighted by molar-refractivity contribution is -0.121. The largest absolute Gasteiger partial charge is 0.354 e. The molecular weight excluding hydrogens is 341 g/mol. The SMILES string of the molecule is Cn1c(=O)c2c(ncn2CC(=O)NCCc2ccc(F)cc2)n(C)c1=O. The van der Waals surface area contributed by atoms with Crippen LogP contribution in [0.5, 0.6) is 0 Å². The van der Waals surface area contributed by atoms with Crippen LogP contribution in [0.2, 0.25) is 0 Å². The molecule has 1 aromatic carbocycles. The Bertz CT molecular complexity index is 1080. The number of hydrogen-bond donors (Lipinski definition) is 1. The van der Waals surface area contributed by atoms with Crippen molar-refractivity contribution < 1.29 is 9.18 Å². The van der Waals surface area contributed by atoms with Crippen LogP contribution in [0.15, 0.2) is 40.2 Å². The summed E-state index contributed by atoms with van der Waals surface area (Å²) in [6.07, 6.45) is 1.93. The molecule has 26 heavy (non-hydrogen) atoms. The van der Waals surface area contributed by atoms with E-state index >= 15 is 0 Å². The zero-order chi connectivity index (χ0) is 18.8. The number of rotatable bonds is 5. The van der Waals surface area contributed by atoms with E-state index in [2.05, 4.69) is 10.3 Å². The van der Waals surface area contributed by atoms with Crippen molar-refractivity contribution in [3.8, 4) is 0 Å². The van der Waals surface area contributed by atoms with Gasteiger partial charge in [0.05, 0.1) is 6.33 Å². The first-order valence-corrected chi connectivity index (χ1v) is 8.00. The minimum atomic E-state index is -0.500. The van der Waals surface area contributed by atoms with Gasteiger partial charge in [0.2, 0.25) is 5.91 Å². The van der Waals surface area contributed by atoms with E-state index in [0.717, 1.165) is 10.1 Å². The fourth-order valence-electron chi connectivity index (χ4n) is 2.72. The third kappa shape index (κ3) is 3.28. The van der Waals surface area contributed by atoms with Gasteiger partial charge < -0.3 is 9.88 Å². The van der Waals surface area contributed by atoms with Gasteiger partial charge >= 0.3 is 5.69 Å². The molecule has 0 atom stereocenters. The minimum absolute atomic E-state index is 0.0899. The molecule has 8 nitrogen and oxygen atoms in total. The van der Waals surface area contributed by atoms with Gasteiger partial charge in [-0.3, -0.25) is 18.7 Å². The predicted molar refractivity (Wildman–Crippen MR) is 93.3 cm³/mol. The van der Waals surface area contributed by atoms with Crippen LogP contribution < -0.4 is 16.6 Å². The molecule has 0 unspecified atom stereocenters. The Kier molecular flexibility index (Phi) is 4.70. The molecule has 3 aromatic rings. The Morgan fingerprint density at radius 2 is 1.85 bits per heavy atom. The molecule has 0 saturated heterocycles. The Morgan fingerprint density at radius 1 is 1.15 bits per heavy atom. The molecule has 2 aromatic heterocycles. The summed E-state index contributed by atoms with van der Waals surface area (Å²) in [7, 11) is 2.90. The zero-order valence-electron chi connectivity index (χ0n) is 14.4. The quantitative estimate of drug-likeness (QED) is 0.691. The van der Waals surface area contributed by atoms with Gasteiger partial charge in [0.15, 0.2) is 11.2 Å². The second kappa shape index (κ2) is 6.95. The first kappa shape index (κ1) is 17.6. The number of benzene rings is 1. The van der Waals surface area contributed by atoms with Crippen LogP contribution in [-0.4, -0.2) is 31.1 Å². The normalized spacial score (nSPS) is 11.0. The molecule has 3 rings (SSSR count). The minimum Gasteiger partial charge on any atom is -0.354 e. The summed E-state index contributed by atoms with van der Waals surface area (Å²) in [5, 5.41) is 2.75. The molecule has 0 aliphatic rings. The number of halogens is 1. The summed E-state index contributed by atoms with van der Waals surface area (Å²) in [5.41, 5.74) is 0.361. The topological polar surface area (TPSA) is 90.9 Å². The number of aryl methyl sites for hydroxylation is 1. The third-order valence-corrected chi connectivity index (χ3v) is 4.18. The third-order valence-electron chi connectivity index (χ3n) is 4.18. The van der Waals surface area contributed by atoms with Crippen LogP contribution in [0, 0.1) is 5.82 Å². The average Bonchev–Trinajstić information content (AvgIpc) is 3.03. The fourth-order valence-corrected chi connectivity index (χ4v) is 2.72. The second-order valence-electron chi connectivity index (χ2n) is 5.98. The van der Waals surface area contributed by atoms with Crippen LogP contribution in [0.4, 0.5) is 4.39 Å². The molecule has 0 radical (unpaired) electrons. The number of imidazole rings is 1. The number of aromatic nitrogens is 4. The number of nitrogens with one attached hydrogen (secondary N) is 1. The number of nitrogens with zero attached hydrogens (tertiary/aromatic N) is 4. The number of amides is 1. The maximum Gasteiger partial charge on any atom is 0.332 e. The number of carbonyl (C=O) groups excluding carboxylic acids is 1. The smallest absolute Gasteiger partial charge is 0.332 e. The maximum absolute atomic E-state index is 12.9. The van der Waals surface area contributed by atoms with E-state index in [1.54, 1.807) is 12.1 Å². The van der Waals surface area contributed by atoms with Crippen molar-refractivity contribution in [3.05, 3.63) is 62.8 Å². The van der Waals surface area contributed by atoms with Crippen molar-refractivity contribution in [1.82, 2.24) is 24.0 Å². The van der Waals surface area contributed by atoms with Crippen LogP contribution >= 0.6 is 0 Å². The highest BCUT2D eigenvalue weighted by Crippen LogP contribution is 2.05. The van der Waals surface area contributed by atoms with Crippen molar-refractivity contribution in [1.29, 1.82) is 0 Å². The van der Waals surface area contributed by atoms with Gasteiger partial charge in [0.1, 0.15) is 12.4 Å². The second-order valence-corrected chi connectivity index (χ2v) is 5.98. The van der Waals surface area contributed by atoms with Crippen LogP contribution in [0.25, 0.3) is 11.2 Å². The summed E-state index contributed by atoms with van der Waals surface area (Å²) in [6, 6.07) is 6.06. The highest BCUT2D eigenvalue weighted by molar-refractivity contribution is 5.78. The van der Waals surface area contributed by atoms with Crippen LogP contribution in [0.3, 0.4) is 0 Å². The Labute approximate surface area is 147 Å².